The predicted molar refractivity (Wildman–Crippen MR) is 82.3 cm³/mol. The van der Waals surface area contributed by atoms with Crippen molar-refractivity contribution in [3.63, 3.8) is 0 Å². The summed E-state index contributed by atoms with van der Waals surface area (Å²) in [5.41, 5.74) is 6.51. The third-order valence-electron chi connectivity index (χ3n) is 5.92. The van der Waals surface area contributed by atoms with E-state index in [2.05, 4.69) is 30.7 Å². The van der Waals surface area contributed by atoms with Gasteiger partial charge in [-0.3, -0.25) is 9.80 Å². The van der Waals surface area contributed by atoms with Crippen molar-refractivity contribution in [1.82, 2.24) is 9.80 Å². The van der Waals surface area contributed by atoms with Crippen molar-refractivity contribution in [2.75, 3.05) is 33.2 Å². The van der Waals surface area contributed by atoms with Crippen LogP contribution in [0.3, 0.4) is 0 Å². The molecule has 0 bridgehead atoms. The zero-order valence-corrected chi connectivity index (χ0v) is 13.2. The van der Waals surface area contributed by atoms with Gasteiger partial charge in [-0.05, 0) is 51.7 Å². The lowest BCUT2D eigenvalue weighted by Gasteiger charge is -2.44. The Hall–Kier alpha value is -0.120. The molecule has 3 nitrogen and oxygen atoms in total. The second-order valence-electron chi connectivity index (χ2n) is 6.61. The average Bonchev–Trinajstić information content (AvgIpc) is 3.04. The monoisotopic (exact) mass is 267 g/mol. The van der Waals surface area contributed by atoms with Crippen LogP contribution in [0.25, 0.3) is 0 Å². The molecule has 2 fully saturated rings. The maximum absolute atomic E-state index is 6.22. The summed E-state index contributed by atoms with van der Waals surface area (Å²) in [6.45, 7) is 9.17. The molecule has 0 aromatic heterocycles. The van der Waals surface area contributed by atoms with E-state index in [1.54, 1.807) is 0 Å². The van der Waals surface area contributed by atoms with Crippen molar-refractivity contribution in [3.8, 4) is 0 Å². The number of hydrogen-bond acceptors (Lipinski definition) is 3. The summed E-state index contributed by atoms with van der Waals surface area (Å²) >= 11 is 0. The van der Waals surface area contributed by atoms with Crippen molar-refractivity contribution in [1.29, 1.82) is 0 Å². The Morgan fingerprint density at radius 1 is 1.26 bits per heavy atom. The van der Waals surface area contributed by atoms with E-state index in [0.717, 1.165) is 18.5 Å². The molecule has 19 heavy (non-hydrogen) atoms. The summed E-state index contributed by atoms with van der Waals surface area (Å²) in [4.78, 5) is 5.28. The van der Waals surface area contributed by atoms with Crippen LogP contribution in [0, 0.1) is 5.92 Å². The van der Waals surface area contributed by atoms with Crippen LogP contribution in [0.15, 0.2) is 0 Å². The number of rotatable bonds is 6. The largest absolute Gasteiger partial charge is 0.329 e. The van der Waals surface area contributed by atoms with E-state index in [1.165, 1.54) is 58.2 Å². The minimum Gasteiger partial charge on any atom is -0.329 e. The fourth-order valence-corrected chi connectivity index (χ4v) is 4.65. The summed E-state index contributed by atoms with van der Waals surface area (Å²) in [7, 11) is 2.33. The lowest BCUT2D eigenvalue weighted by atomic mass is 9.83. The number of nitrogens with two attached hydrogens (primary N) is 1. The van der Waals surface area contributed by atoms with Gasteiger partial charge in [0.05, 0.1) is 0 Å². The van der Waals surface area contributed by atoms with Gasteiger partial charge in [-0.15, -0.1) is 0 Å². The molecule has 112 valence electrons. The molecular formula is C16H33N3. The first kappa shape index (κ1) is 15.3. The molecule has 0 aromatic carbocycles. The lowest BCUT2D eigenvalue weighted by molar-refractivity contribution is 0.0574. The first-order valence-electron chi connectivity index (χ1n) is 8.33. The second-order valence-corrected chi connectivity index (χ2v) is 6.61. The van der Waals surface area contributed by atoms with Gasteiger partial charge in [0, 0.05) is 24.7 Å². The molecule has 1 aliphatic heterocycles. The van der Waals surface area contributed by atoms with Crippen LogP contribution in [0.2, 0.25) is 0 Å². The SMILES string of the molecule is CCC1CCCC1(CN)N(C)CC1CCCN1CC. The molecule has 1 aliphatic carbocycles. The normalized spacial score (nSPS) is 36.5. The van der Waals surface area contributed by atoms with E-state index in [-0.39, 0.29) is 5.54 Å². The smallest absolute Gasteiger partial charge is 0.0357 e. The van der Waals surface area contributed by atoms with Crippen LogP contribution in [0.5, 0.6) is 0 Å². The fraction of sp³-hybridized carbons (Fsp3) is 1.00. The Morgan fingerprint density at radius 3 is 2.68 bits per heavy atom. The summed E-state index contributed by atoms with van der Waals surface area (Å²) in [5, 5.41) is 0. The topological polar surface area (TPSA) is 32.5 Å². The van der Waals surface area contributed by atoms with Crippen LogP contribution < -0.4 is 5.73 Å². The summed E-state index contributed by atoms with van der Waals surface area (Å²) in [6, 6.07) is 0.761. The second kappa shape index (κ2) is 6.55. The van der Waals surface area contributed by atoms with E-state index in [9.17, 15) is 0 Å². The van der Waals surface area contributed by atoms with Crippen molar-refractivity contribution < 1.29 is 0 Å². The molecule has 2 rings (SSSR count). The Morgan fingerprint density at radius 2 is 2.05 bits per heavy atom. The van der Waals surface area contributed by atoms with Gasteiger partial charge in [-0.1, -0.05) is 26.7 Å². The maximum atomic E-state index is 6.22. The standard InChI is InChI=1S/C16H33N3/c1-4-14-8-6-10-16(14,13-17)18(3)12-15-9-7-11-19(15)5-2/h14-15H,4-13,17H2,1-3H3. The molecule has 3 atom stereocenters. The maximum Gasteiger partial charge on any atom is 0.0357 e. The van der Waals surface area contributed by atoms with Gasteiger partial charge in [0.2, 0.25) is 0 Å². The highest BCUT2D eigenvalue weighted by Crippen LogP contribution is 2.41. The molecule has 2 N–H and O–H groups in total. The van der Waals surface area contributed by atoms with Crippen molar-refractivity contribution in [2.24, 2.45) is 11.7 Å². The van der Waals surface area contributed by atoms with Gasteiger partial charge in [0.1, 0.15) is 0 Å². The quantitative estimate of drug-likeness (QED) is 0.801. The molecule has 1 heterocycles. The Bertz CT molecular complexity index is 281. The van der Waals surface area contributed by atoms with Gasteiger partial charge in [-0.2, -0.15) is 0 Å². The summed E-state index contributed by atoms with van der Waals surface area (Å²) in [6.07, 6.45) is 8.07. The highest BCUT2D eigenvalue weighted by Gasteiger charge is 2.44. The van der Waals surface area contributed by atoms with Crippen LogP contribution in [-0.2, 0) is 0 Å². The molecule has 3 heteroatoms. The van der Waals surface area contributed by atoms with Gasteiger partial charge in [0.15, 0.2) is 0 Å². The molecule has 0 aromatic rings. The van der Waals surface area contributed by atoms with Gasteiger partial charge < -0.3 is 5.73 Å². The third-order valence-corrected chi connectivity index (χ3v) is 5.92. The zero-order valence-electron chi connectivity index (χ0n) is 13.2. The highest BCUT2D eigenvalue weighted by molar-refractivity contribution is 5.01. The van der Waals surface area contributed by atoms with E-state index in [0.29, 0.717) is 0 Å². The Kier molecular flexibility index (Phi) is 5.27. The van der Waals surface area contributed by atoms with Crippen LogP contribution in [-0.4, -0.2) is 54.6 Å². The highest BCUT2D eigenvalue weighted by atomic mass is 15.3. The van der Waals surface area contributed by atoms with Crippen LogP contribution in [0.4, 0.5) is 0 Å². The van der Waals surface area contributed by atoms with Crippen LogP contribution >= 0.6 is 0 Å². The first-order chi connectivity index (χ1) is 9.17. The average molecular weight is 267 g/mol. The van der Waals surface area contributed by atoms with E-state index >= 15 is 0 Å². The summed E-state index contributed by atoms with van der Waals surface area (Å²) in [5.74, 6) is 0.805. The third kappa shape index (κ3) is 2.84. The van der Waals surface area contributed by atoms with Gasteiger partial charge in [0.25, 0.3) is 0 Å². The summed E-state index contributed by atoms with van der Waals surface area (Å²) < 4.78 is 0. The van der Waals surface area contributed by atoms with Gasteiger partial charge >= 0.3 is 0 Å². The molecule has 3 unspecified atom stereocenters. The molecular weight excluding hydrogens is 234 g/mol. The Balaban J connectivity index is 2.02. The fourth-order valence-electron chi connectivity index (χ4n) is 4.65. The van der Waals surface area contributed by atoms with E-state index < -0.39 is 0 Å². The molecule has 1 saturated carbocycles. The van der Waals surface area contributed by atoms with Crippen molar-refractivity contribution >= 4 is 0 Å². The number of likely N-dealkylation sites (N-methyl/N-ethyl adjacent to an activating group) is 2. The molecule has 2 aliphatic rings. The number of nitrogens with zero attached hydrogens (tertiary/aromatic N) is 2. The van der Waals surface area contributed by atoms with Gasteiger partial charge in [-0.25, -0.2) is 0 Å². The molecule has 1 saturated heterocycles. The minimum atomic E-state index is 0.288. The van der Waals surface area contributed by atoms with Crippen molar-refractivity contribution in [2.45, 2.75) is 64.0 Å². The van der Waals surface area contributed by atoms with E-state index in [1.807, 2.05) is 0 Å². The van der Waals surface area contributed by atoms with Crippen molar-refractivity contribution in [3.05, 3.63) is 0 Å². The first-order valence-corrected chi connectivity index (χ1v) is 8.33. The lowest BCUT2D eigenvalue weighted by Crippen LogP contribution is -2.57. The molecule has 0 radical (unpaired) electrons. The minimum absolute atomic E-state index is 0.288. The Labute approximate surface area is 119 Å². The van der Waals surface area contributed by atoms with E-state index in [4.69, 9.17) is 5.73 Å². The molecule has 0 amide bonds. The zero-order chi connectivity index (χ0) is 13.9. The molecule has 0 spiro atoms. The number of hydrogen-bond donors (Lipinski definition) is 1. The predicted octanol–water partition coefficient (Wildman–Crippen LogP) is 2.31. The van der Waals surface area contributed by atoms with Crippen LogP contribution in [0.1, 0.15) is 52.4 Å². The number of likely N-dealkylation sites (tertiary alicyclic amines) is 1.